The molecule has 3 aromatic carbocycles. The second-order valence-electron chi connectivity index (χ2n) is 6.97. The fourth-order valence-electron chi connectivity index (χ4n) is 3.52. The largest absolute Gasteiger partial charge is 0.399 e. The van der Waals surface area contributed by atoms with E-state index in [1.807, 2.05) is 0 Å². The van der Waals surface area contributed by atoms with Gasteiger partial charge in [0.25, 0.3) is 0 Å². The zero-order chi connectivity index (χ0) is 18.1. The lowest BCUT2D eigenvalue weighted by Gasteiger charge is -2.24. The molecule has 128 valence electrons. The summed E-state index contributed by atoms with van der Waals surface area (Å²) >= 11 is 0. The van der Waals surface area contributed by atoms with E-state index in [0.717, 1.165) is 22.5 Å². The van der Waals surface area contributed by atoms with Crippen LogP contribution in [0.3, 0.4) is 0 Å². The van der Waals surface area contributed by atoms with Crippen molar-refractivity contribution in [1.82, 2.24) is 0 Å². The molecule has 0 aliphatic carbocycles. The number of benzene rings is 3. The summed E-state index contributed by atoms with van der Waals surface area (Å²) in [6, 6.07) is 19.3. The monoisotopic (exact) mass is 330 g/mol. The number of anilines is 2. The first kappa shape index (κ1) is 17.1. The lowest BCUT2D eigenvalue weighted by atomic mass is 9.80. The minimum Gasteiger partial charge on any atom is -0.399 e. The molecule has 0 unspecified atom stereocenters. The number of hydrogen-bond acceptors (Lipinski definition) is 2. The number of rotatable bonds is 3. The molecular weight excluding hydrogens is 304 g/mol. The van der Waals surface area contributed by atoms with Gasteiger partial charge in [0.05, 0.1) is 0 Å². The van der Waals surface area contributed by atoms with Crippen LogP contribution < -0.4 is 11.5 Å². The summed E-state index contributed by atoms with van der Waals surface area (Å²) in [6.45, 7) is 8.42. The molecular formula is C23H26N2. The molecule has 0 atom stereocenters. The van der Waals surface area contributed by atoms with Crippen LogP contribution in [0.1, 0.15) is 44.9 Å². The third-order valence-electron chi connectivity index (χ3n) is 5.06. The summed E-state index contributed by atoms with van der Waals surface area (Å²) in [6.07, 6.45) is 0. The summed E-state index contributed by atoms with van der Waals surface area (Å²) in [5, 5.41) is 0. The maximum atomic E-state index is 6.12. The maximum absolute atomic E-state index is 6.12. The van der Waals surface area contributed by atoms with Crippen LogP contribution in [0.25, 0.3) is 0 Å². The zero-order valence-corrected chi connectivity index (χ0v) is 15.4. The molecule has 0 spiro atoms. The normalized spacial score (nSPS) is 11.1. The third-order valence-corrected chi connectivity index (χ3v) is 5.06. The van der Waals surface area contributed by atoms with E-state index in [0.29, 0.717) is 0 Å². The van der Waals surface area contributed by atoms with E-state index >= 15 is 0 Å². The highest BCUT2D eigenvalue weighted by Gasteiger charge is 2.21. The van der Waals surface area contributed by atoms with E-state index in [2.05, 4.69) is 82.3 Å². The fourth-order valence-corrected chi connectivity index (χ4v) is 3.52. The lowest BCUT2D eigenvalue weighted by molar-refractivity contribution is 0.945. The van der Waals surface area contributed by atoms with Crippen LogP contribution in [0, 0.1) is 27.7 Å². The Hall–Kier alpha value is -2.74. The van der Waals surface area contributed by atoms with Crippen LogP contribution in [0.2, 0.25) is 0 Å². The molecule has 2 nitrogen and oxygen atoms in total. The highest BCUT2D eigenvalue weighted by molar-refractivity contribution is 5.59. The van der Waals surface area contributed by atoms with Crippen molar-refractivity contribution in [2.45, 2.75) is 33.6 Å². The molecule has 0 fully saturated rings. The smallest absolute Gasteiger partial charge is 0.0346 e. The molecule has 0 radical (unpaired) electrons. The van der Waals surface area contributed by atoms with Gasteiger partial charge >= 0.3 is 0 Å². The van der Waals surface area contributed by atoms with Crippen molar-refractivity contribution in [3.05, 3.63) is 93.5 Å². The Morgan fingerprint density at radius 3 is 1.48 bits per heavy atom. The topological polar surface area (TPSA) is 52.0 Å². The van der Waals surface area contributed by atoms with Gasteiger partial charge in [-0.25, -0.2) is 0 Å². The van der Waals surface area contributed by atoms with Crippen LogP contribution in [0.15, 0.2) is 54.6 Å². The maximum Gasteiger partial charge on any atom is 0.0346 e. The van der Waals surface area contributed by atoms with Gasteiger partial charge in [-0.1, -0.05) is 42.5 Å². The van der Waals surface area contributed by atoms with Gasteiger partial charge in [-0.15, -0.1) is 0 Å². The third kappa shape index (κ3) is 3.25. The van der Waals surface area contributed by atoms with Crippen molar-refractivity contribution < 1.29 is 0 Å². The van der Waals surface area contributed by atoms with E-state index < -0.39 is 0 Å². The van der Waals surface area contributed by atoms with Crippen molar-refractivity contribution in [3.63, 3.8) is 0 Å². The van der Waals surface area contributed by atoms with E-state index in [9.17, 15) is 0 Å². The summed E-state index contributed by atoms with van der Waals surface area (Å²) < 4.78 is 0. The molecule has 3 aromatic rings. The summed E-state index contributed by atoms with van der Waals surface area (Å²) in [5.74, 6) is 0.166. The Morgan fingerprint density at radius 2 is 1.04 bits per heavy atom. The Labute approximate surface area is 150 Å². The Kier molecular flexibility index (Phi) is 4.54. The van der Waals surface area contributed by atoms with Gasteiger partial charge in [-0.2, -0.15) is 0 Å². The minimum atomic E-state index is 0.166. The summed E-state index contributed by atoms with van der Waals surface area (Å²) in [5.41, 5.74) is 22.5. The molecule has 0 amide bonds. The molecule has 0 heterocycles. The predicted octanol–water partition coefficient (Wildman–Crippen LogP) is 5.26. The molecule has 0 aliphatic heterocycles. The lowest BCUT2D eigenvalue weighted by Crippen LogP contribution is -2.09. The van der Waals surface area contributed by atoms with Crippen LogP contribution in [-0.2, 0) is 0 Å². The van der Waals surface area contributed by atoms with E-state index in [1.165, 1.54) is 27.8 Å². The number of nitrogen functional groups attached to an aromatic ring is 2. The van der Waals surface area contributed by atoms with Gasteiger partial charge in [0.1, 0.15) is 0 Å². The average molecular weight is 330 g/mol. The summed E-state index contributed by atoms with van der Waals surface area (Å²) in [4.78, 5) is 0. The van der Waals surface area contributed by atoms with E-state index in [-0.39, 0.29) is 5.92 Å². The van der Waals surface area contributed by atoms with Gasteiger partial charge in [0.15, 0.2) is 0 Å². The van der Waals surface area contributed by atoms with Crippen molar-refractivity contribution >= 4 is 11.4 Å². The fraction of sp³-hybridized carbons (Fsp3) is 0.217. The SMILES string of the molecule is Cc1cc(C(c2ccccc2)c2cc(C)c(N)cc2C)c(C)cc1N. The van der Waals surface area contributed by atoms with Crippen LogP contribution >= 0.6 is 0 Å². The van der Waals surface area contributed by atoms with Gasteiger partial charge in [0.2, 0.25) is 0 Å². The highest BCUT2D eigenvalue weighted by Crippen LogP contribution is 2.38. The van der Waals surface area contributed by atoms with Gasteiger partial charge in [0, 0.05) is 17.3 Å². The second-order valence-corrected chi connectivity index (χ2v) is 6.97. The molecule has 0 bridgehead atoms. The number of hydrogen-bond donors (Lipinski definition) is 2. The molecule has 0 aromatic heterocycles. The summed E-state index contributed by atoms with van der Waals surface area (Å²) in [7, 11) is 0. The first-order valence-electron chi connectivity index (χ1n) is 8.66. The second kappa shape index (κ2) is 6.64. The molecule has 25 heavy (non-hydrogen) atoms. The minimum absolute atomic E-state index is 0.166. The average Bonchev–Trinajstić information content (AvgIpc) is 2.58. The van der Waals surface area contributed by atoms with Crippen LogP contribution in [0.4, 0.5) is 11.4 Å². The van der Waals surface area contributed by atoms with Gasteiger partial charge < -0.3 is 11.5 Å². The van der Waals surface area contributed by atoms with Crippen molar-refractivity contribution in [1.29, 1.82) is 0 Å². The highest BCUT2D eigenvalue weighted by atomic mass is 14.6. The quantitative estimate of drug-likeness (QED) is 0.508. The Bertz CT molecular complexity index is 854. The molecule has 0 aliphatic rings. The van der Waals surface area contributed by atoms with Crippen molar-refractivity contribution in [2.24, 2.45) is 0 Å². The van der Waals surface area contributed by atoms with Crippen molar-refractivity contribution in [3.8, 4) is 0 Å². The first-order valence-corrected chi connectivity index (χ1v) is 8.66. The molecule has 2 heteroatoms. The first-order chi connectivity index (χ1) is 11.9. The van der Waals surface area contributed by atoms with Gasteiger partial charge in [-0.05, 0) is 78.8 Å². The molecule has 4 N–H and O–H groups in total. The Morgan fingerprint density at radius 1 is 0.600 bits per heavy atom. The van der Waals surface area contributed by atoms with E-state index in [4.69, 9.17) is 11.5 Å². The predicted molar refractivity (Wildman–Crippen MR) is 108 cm³/mol. The number of aryl methyl sites for hydroxylation is 4. The zero-order valence-electron chi connectivity index (χ0n) is 15.4. The van der Waals surface area contributed by atoms with Crippen LogP contribution in [0.5, 0.6) is 0 Å². The van der Waals surface area contributed by atoms with E-state index in [1.54, 1.807) is 0 Å². The van der Waals surface area contributed by atoms with Gasteiger partial charge in [-0.3, -0.25) is 0 Å². The standard InChI is InChI=1S/C23H26N2/c1-14-12-21(24)16(3)10-19(14)23(18-8-6-5-7-9-18)20-11-17(4)22(25)13-15(20)2/h5-13,23H,24-25H2,1-4H3. The van der Waals surface area contributed by atoms with Crippen molar-refractivity contribution in [2.75, 3.05) is 11.5 Å². The molecule has 0 saturated heterocycles. The molecule has 0 saturated carbocycles. The molecule has 3 rings (SSSR count). The number of nitrogens with two attached hydrogens (primary N) is 2. The van der Waals surface area contributed by atoms with Crippen LogP contribution in [-0.4, -0.2) is 0 Å². The Balaban J connectivity index is 2.29.